The maximum absolute atomic E-state index is 13.2. The van der Waals surface area contributed by atoms with Crippen LogP contribution < -0.4 is 14.4 Å². The first-order chi connectivity index (χ1) is 12.8. The fourth-order valence-corrected chi connectivity index (χ4v) is 4.05. The number of sulfonamides is 1. The van der Waals surface area contributed by atoms with Gasteiger partial charge in [0.2, 0.25) is 15.9 Å². The van der Waals surface area contributed by atoms with E-state index in [1.807, 2.05) is 0 Å². The molecule has 146 valence electrons. The van der Waals surface area contributed by atoms with Gasteiger partial charge in [-0.05, 0) is 38.0 Å². The number of anilines is 1. The Morgan fingerprint density at radius 2 is 2.00 bits per heavy atom. The van der Waals surface area contributed by atoms with Gasteiger partial charge in [0.1, 0.15) is 24.1 Å². The Kier molecular flexibility index (Phi) is 6.13. The maximum atomic E-state index is 13.2. The first-order valence-electron chi connectivity index (χ1n) is 8.53. The summed E-state index contributed by atoms with van der Waals surface area (Å²) in [6, 6.07) is 4.99. The Balaban J connectivity index is 1.57. The number of ether oxygens (including phenoxy) is 1. The first-order valence-corrected chi connectivity index (χ1v) is 10.4. The van der Waals surface area contributed by atoms with Crippen LogP contribution in [0.5, 0.6) is 5.88 Å². The highest BCUT2D eigenvalue weighted by atomic mass is 35.5. The minimum Gasteiger partial charge on any atom is -0.476 e. The van der Waals surface area contributed by atoms with Gasteiger partial charge in [-0.3, -0.25) is 0 Å². The lowest BCUT2D eigenvalue weighted by atomic mass is 10.3. The summed E-state index contributed by atoms with van der Waals surface area (Å²) >= 11 is 5.63. The predicted octanol–water partition coefficient (Wildman–Crippen LogP) is 2.54. The standard InChI is InChI=1S/C17H20ClFN4O3S/c1-12-21-16(23-7-2-3-8-23)11-17(22-12)26-9-6-20-27(24,25)13-4-5-15(19)14(18)10-13/h4-5,10-11,20H,2-3,6-9H2,1H3. The van der Waals surface area contributed by atoms with Gasteiger partial charge in [-0.1, -0.05) is 11.6 Å². The van der Waals surface area contributed by atoms with Crippen molar-refractivity contribution in [1.29, 1.82) is 0 Å². The molecule has 1 aromatic heterocycles. The lowest BCUT2D eigenvalue weighted by molar-refractivity contribution is 0.309. The molecule has 1 fully saturated rings. The molecule has 0 bridgehead atoms. The van der Waals surface area contributed by atoms with Crippen molar-refractivity contribution >= 4 is 27.4 Å². The summed E-state index contributed by atoms with van der Waals surface area (Å²) < 4.78 is 45.6. The molecule has 0 saturated carbocycles. The van der Waals surface area contributed by atoms with Crippen LogP contribution in [0.15, 0.2) is 29.2 Å². The molecule has 1 N–H and O–H groups in total. The van der Waals surface area contributed by atoms with Gasteiger partial charge in [0.15, 0.2) is 0 Å². The molecule has 1 saturated heterocycles. The molecule has 10 heteroatoms. The molecule has 1 aliphatic heterocycles. The quantitative estimate of drug-likeness (QED) is 0.701. The summed E-state index contributed by atoms with van der Waals surface area (Å²) in [4.78, 5) is 10.7. The van der Waals surface area contributed by atoms with Crippen molar-refractivity contribution in [3.8, 4) is 5.88 Å². The Morgan fingerprint density at radius 3 is 2.70 bits per heavy atom. The first kappa shape index (κ1) is 19.8. The molecule has 0 aliphatic carbocycles. The lowest BCUT2D eigenvalue weighted by Gasteiger charge is -2.17. The van der Waals surface area contributed by atoms with E-state index in [9.17, 15) is 12.8 Å². The average molecular weight is 415 g/mol. The maximum Gasteiger partial charge on any atom is 0.240 e. The van der Waals surface area contributed by atoms with Gasteiger partial charge in [0.25, 0.3) is 0 Å². The molecule has 1 aliphatic rings. The van der Waals surface area contributed by atoms with Crippen LogP contribution in [0, 0.1) is 12.7 Å². The van der Waals surface area contributed by atoms with Crippen molar-refractivity contribution in [3.05, 3.63) is 40.9 Å². The Labute approximate surface area is 162 Å². The molecule has 1 aromatic carbocycles. The molecule has 0 radical (unpaired) electrons. The molecule has 2 heterocycles. The Morgan fingerprint density at radius 1 is 1.26 bits per heavy atom. The van der Waals surface area contributed by atoms with Crippen LogP contribution in [0.1, 0.15) is 18.7 Å². The second-order valence-electron chi connectivity index (χ2n) is 6.13. The highest BCUT2D eigenvalue weighted by Crippen LogP contribution is 2.22. The number of benzene rings is 1. The fraction of sp³-hybridized carbons (Fsp3) is 0.412. The van der Waals surface area contributed by atoms with Crippen LogP contribution in [-0.2, 0) is 10.0 Å². The zero-order valence-electron chi connectivity index (χ0n) is 14.8. The van der Waals surface area contributed by atoms with Gasteiger partial charge in [-0.2, -0.15) is 4.98 Å². The second kappa shape index (κ2) is 8.37. The molecule has 7 nitrogen and oxygen atoms in total. The number of rotatable bonds is 7. The third-order valence-corrected chi connectivity index (χ3v) is 5.82. The van der Waals surface area contributed by atoms with Gasteiger partial charge in [-0.15, -0.1) is 0 Å². The molecule has 0 amide bonds. The molecule has 27 heavy (non-hydrogen) atoms. The highest BCUT2D eigenvalue weighted by molar-refractivity contribution is 7.89. The molecule has 0 unspecified atom stereocenters. The molecule has 0 spiro atoms. The molecular formula is C17H20ClFN4O3S. The van der Waals surface area contributed by atoms with E-state index < -0.39 is 15.8 Å². The van der Waals surface area contributed by atoms with Crippen LogP contribution in [0.3, 0.4) is 0 Å². The van der Waals surface area contributed by atoms with E-state index in [0.717, 1.165) is 49.9 Å². The summed E-state index contributed by atoms with van der Waals surface area (Å²) in [5.41, 5.74) is 0. The summed E-state index contributed by atoms with van der Waals surface area (Å²) in [7, 11) is -3.81. The van der Waals surface area contributed by atoms with Crippen molar-refractivity contribution in [3.63, 3.8) is 0 Å². The van der Waals surface area contributed by atoms with Crippen molar-refractivity contribution in [1.82, 2.24) is 14.7 Å². The summed E-state index contributed by atoms with van der Waals surface area (Å²) in [5.74, 6) is 1.13. The molecule has 0 atom stereocenters. The van der Waals surface area contributed by atoms with E-state index >= 15 is 0 Å². The number of aromatic nitrogens is 2. The second-order valence-corrected chi connectivity index (χ2v) is 8.30. The van der Waals surface area contributed by atoms with E-state index in [-0.39, 0.29) is 23.1 Å². The number of hydrogen-bond acceptors (Lipinski definition) is 6. The SMILES string of the molecule is Cc1nc(OCCNS(=O)(=O)c2ccc(F)c(Cl)c2)cc(N2CCCC2)n1. The smallest absolute Gasteiger partial charge is 0.240 e. The zero-order valence-corrected chi connectivity index (χ0v) is 16.4. The number of nitrogens with one attached hydrogen (secondary N) is 1. The largest absolute Gasteiger partial charge is 0.476 e. The topological polar surface area (TPSA) is 84.4 Å². The third kappa shape index (κ3) is 5.06. The minimum absolute atomic E-state index is 0.0272. The third-order valence-electron chi connectivity index (χ3n) is 4.08. The Hall–Kier alpha value is -1.97. The monoisotopic (exact) mass is 414 g/mol. The van der Waals surface area contributed by atoms with Crippen LogP contribution in [0.2, 0.25) is 5.02 Å². The van der Waals surface area contributed by atoms with E-state index in [1.54, 1.807) is 13.0 Å². The summed E-state index contributed by atoms with van der Waals surface area (Å²) in [6.07, 6.45) is 2.27. The average Bonchev–Trinajstić information content (AvgIpc) is 3.15. The summed E-state index contributed by atoms with van der Waals surface area (Å²) in [5, 5.41) is -0.250. The van der Waals surface area contributed by atoms with Crippen LogP contribution in [-0.4, -0.2) is 44.6 Å². The van der Waals surface area contributed by atoms with Crippen LogP contribution in [0.25, 0.3) is 0 Å². The van der Waals surface area contributed by atoms with E-state index in [4.69, 9.17) is 16.3 Å². The molecule has 2 aromatic rings. The number of aryl methyl sites for hydroxylation is 1. The van der Waals surface area contributed by atoms with E-state index in [2.05, 4.69) is 19.6 Å². The Bertz CT molecular complexity index is 920. The fourth-order valence-electron chi connectivity index (χ4n) is 2.77. The van der Waals surface area contributed by atoms with Gasteiger partial charge >= 0.3 is 0 Å². The zero-order chi connectivity index (χ0) is 19.4. The van der Waals surface area contributed by atoms with Gasteiger partial charge < -0.3 is 9.64 Å². The molecular weight excluding hydrogens is 395 g/mol. The highest BCUT2D eigenvalue weighted by Gasteiger charge is 2.17. The van der Waals surface area contributed by atoms with Crippen LogP contribution >= 0.6 is 11.6 Å². The van der Waals surface area contributed by atoms with E-state index in [0.29, 0.717) is 11.7 Å². The lowest BCUT2D eigenvalue weighted by Crippen LogP contribution is -2.28. The normalized spacial score (nSPS) is 14.6. The number of hydrogen-bond donors (Lipinski definition) is 1. The van der Waals surface area contributed by atoms with Crippen molar-refractivity contribution < 1.29 is 17.5 Å². The summed E-state index contributed by atoms with van der Waals surface area (Å²) in [6.45, 7) is 3.81. The van der Waals surface area contributed by atoms with Gasteiger partial charge in [0, 0.05) is 25.7 Å². The van der Waals surface area contributed by atoms with E-state index in [1.165, 1.54) is 0 Å². The number of nitrogens with zero attached hydrogens (tertiary/aromatic N) is 3. The van der Waals surface area contributed by atoms with Crippen LogP contribution in [0.4, 0.5) is 10.2 Å². The minimum atomic E-state index is -3.81. The van der Waals surface area contributed by atoms with Crippen molar-refractivity contribution in [2.24, 2.45) is 0 Å². The predicted molar refractivity (Wildman–Crippen MR) is 100 cm³/mol. The van der Waals surface area contributed by atoms with Crippen molar-refractivity contribution in [2.75, 3.05) is 31.1 Å². The van der Waals surface area contributed by atoms with Crippen molar-refractivity contribution in [2.45, 2.75) is 24.7 Å². The number of halogens is 2. The molecule has 3 rings (SSSR count). The van der Waals surface area contributed by atoms with Gasteiger partial charge in [-0.25, -0.2) is 22.5 Å². The van der Waals surface area contributed by atoms with Gasteiger partial charge in [0.05, 0.1) is 9.92 Å².